The van der Waals surface area contributed by atoms with Crippen molar-refractivity contribution in [2.75, 3.05) is 24.7 Å². The van der Waals surface area contributed by atoms with Gasteiger partial charge in [-0.15, -0.1) is 23.5 Å². The van der Waals surface area contributed by atoms with Crippen LogP contribution in [0, 0.1) is 0 Å². The fourth-order valence-electron chi connectivity index (χ4n) is 5.00. The van der Waals surface area contributed by atoms with E-state index in [0.29, 0.717) is 13.2 Å². The zero-order valence-corrected chi connectivity index (χ0v) is 23.1. The molecule has 194 valence electrons. The van der Waals surface area contributed by atoms with Gasteiger partial charge < -0.3 is 9.47 Å². The van der Waals surface area contributed by atoms with E-state index in [-0.39, 0.29) is 23.8 Å². The summed E-state index contributed by atoms with van der Waals surface area (Å²) in [5.41, 5.74) is 5.69. The van der Waals surface area contributed by atoms with Crippen molar-refractivity contribution in [1.29, 1.82) is 0 Å². The van der Waals surface area contributed by atoms with E-state index in [2.05, 4.69) is 24.3 Å². The first-order valence-electron chi connectivity index (χ1n) is 12.9. The van der Waals surface area contributed by atoms with E-state index in [0.717, 1.165) is 54.7 Å². The molecular formula is C32H30O4S2. The molecule has 2 aliphatic rings. The minimum Gasteiger partial charge on any atom is -0.463 e. The summed E-state index contributed by atoms with van der Waals surface area (Å²) in [6.45, 7) is 4.36. The van der Waals surface area contributed by atoms with E-state index in [1.165, 1.54) is 0 Å². The van der Waals surface area contributed by atoms with Gasteiger partial charge in [-0.2, -0.15) is 0 Å². The second-order valence-electron chi connectivity index (χ2n) is 9.05. The molecule has 38 heavy (non-hydrogen) atoms. The summed E-state index contributed by atoms with van der Waals surface area (Å²) in [4.78, 5) is 28.2. The minimum atomic E-state index is -0.252. The molecule has 0 saturated carbocycles. The van der Waals surface area contributed by atoms with Crippen molar-refractivity contribution in [3.8, 4) is 0 Å². The zero-order chi connectivity index (χ0) is 26.5. The molecule has 0 aliphatic carbocycles. The molecule has 2 unspecified atom stereocenters. The Morgan fingerprint density at radius 1 is 0.632 bits per heavy atom. The lowest BCUT2D eigenvalue weighted by atomic mass is 9.87. The number of thioether (sulfide) groups is 2. The third kappa shape index (κ3) is 5.33. The normalized spacial score (nSPS) is 19.1. The molecule has 3 aromatic carbocycles. The maximum atomic E-state index is 13.1. The molecule has 5 rings (SSSR count). The molecule has 0 amide bonds. The standard InChI is InChI=1S/C32H30O4S2/c1-3-35-31(33)27-25(19-37-29(27)23-11-7-5-8-12-23)21-15-17-22(18-16-21)26-20-38-30(24-13-9-6-10-14-24)28(26)32(34)36-4-2/h5-18,25-26H,3-4,19-20H2,1-2H3. The molecule has 4 nitrogen and oxygen atoms in total. The number of hydrogen-bond donors (Lipinski definition) is 0. The van der Waals surface area contributed by atoms with Crippen LogP contribution >= 0.6 is 23.5 Å². The second-order valence-corrected chi connectivity index (χ2v) is 11.1. The molecule has 0 spiro atoms. The van der Waals surface area contributed by atoms with Crippen LogP contribution in [0.3, 0.4) is 0 Å². The number of benzene rings is 3. The van der Waals surface area contributed by atoms with Gasteiger partial charge in [-0.1, -0.05) is 84.9 Å². The van der Waals surface area contributed by atoms with Gasteiger partial charge in [0.1, 0.15) is 0 Å². The largest absolute Gasteiger partial charge is 0.463 e. The summed E-state index contributed by atoms with van der Waals surface area (Å²) in [7, 11) is 0. The molecule has 0 saturated heterocycles. The fraction of sp³-hybridized carbons (Fsp3) is 0.250. The van der Waals surface area contributed by atoms with Crippen LogP contribution in [0.1, 0.15) is 47.9 Å². The molecule has 0 N–H and O–H groups in total. The Morgan fingerprint density at radius 2 is 1.00 bits per heavy atom. The Kier molecular flexibility index (Phi) is 8.40. The van der Waals surface area contributed by atoms with Crippen LogP contribution in [0.15, 0.2) is 96.1 Å². The molecule has 2 atom stereocenters. The number of carbonyl (C=O) groups is 2. The number of esters is 2. The van der Waals surface area contributed by atoms with Crippen LogP contribution in [-0.2, 0) is 19.1 Å². The lowest BCUT2D eigenvalue weighted by Crippen LogP contribution is -2.16. The first kappa shape index (κ1) is 26.4. The third-order valence-electron chi connectivity index (χ3n) is 6.78. The van der Waals surface area contributed by atoms with Gasteiger partial charge >= 0.3 is 11.9 Å². The number of hydrogen-bond acceptors (Lipinski definition) is 6. The Hall–Kier alpha value is -3.22. The highest BCUT2D eigenvalue weighted by Crippen LogP contribution is 2.49. The summed E-state index contributed by atoms with van der Waals surface area (Å²) in [5.74, 6) is 0.949. The average Bonchev–Trinajstić information content (AvgIpc) is 3.60. The summed E-state index contributed by atoms with van der Waals surface area (Å²) in [6, 6.07) is 28.5. The average molecular weight is 543 g/mol. The fourth-order valence-corrected chi connectivity index (χ4v) is 7.76. The molecule has 0 fully saturated rings. The highest BCUT2D eigenvalue weighted by atomic mass is 32.2. The van der Waals surface area contributed by atoms with Crippen molar-refractivity contribution in [2.45, 2.75) is 25.7 Å². The second kappa shape index (κ2) is 12.1. The SMILES string of the molecule is CCOC(=O)C1=C(c2ccccc2)SCC1c1ccc(C2CSC(c3ccccc3)=C2C(=O)OCC)cc1. The summed E-state index contributed by atoms with van der Waals surface area (Å²) in [5, 5.41) is 0. The molecular weight excluding hydrogens is 512 g/mol. The lowest BCUT2D eigenvalue weighted by Gasteiger charge is -2.18. The summed E-state index contributed by atoms with van der Waals surface area (Å²) < 4.78 is 11.0. The molecule has 6 heteroatoms. The molecule has 0 bridgehead atoms. The van der Waals surface area contributed by atoms with Crippen LogP contribution < -0.4 is 0 Å². The van der Waals surface area contributed by atoms with Crippen molar-refractivity contribution in [1.82, 2.24) is 0 Å². The van der Waals surface area contributed by atoms with Gasteiger partial charge in [-0.3, -0.25) is 0 Å². The Bertz CT molecular complexity index is 1260. The van der Waals surface area contributed by atoms with E-state index in [9.17, 15) is 9.59 Å². The lowest BCUT2D eigenvalue weighted by molar-refractivity contribution is -0.139. The maximum Gasteiger partial charge on any atom is 0.335 e. The van der Waals surface area contributed by atoms with Crippen molar-refractivity contribution >= 4 is 45.3 Å². The van der Waals surface area contributed by atoms with E-state index < -0.39 is 0 Å². The number of carbonyl (C=O) groups excluding carboxylic acids is 2. The predicted octanol–water partition coefficient (Wildman–Crippen LogP) is 7.30. The third-order valence-corrected chi connectivity index (χ3v) is 9.27. The van der Waals surface area contributed by atoms with Crippen molar-refractivity contribution in [3.05, 3.63) is 118 Å². The summed E-state index contributed by atoms with van der Waals surface area (Å²) in [6.07, 6.45) is 0. The Labute approximate surface area is 232 Å². The van der Waals surface area contributed by atoms with Crippen LogP contribution in [0.4, 0.5) is 0 Å². The van der Waals surface area contributed by atoms with Gasteiger partial charge in [-0.05, 0) is 36.1 Å². The van der Waals surface area contributed by atoms with Crippen LogP contribution in [-0.4, -0.2) is 36.7 Å². The van der Waals surface area contributed by atoms with E-state index in [1.54, 1.807) is 23.5 Å². The smallest absolute Gasteiger partial charge is 0.335 e. The van der Waals surface area contributed by atoms with Gasteiger partial charge in [0.15, 0.2) is 0 Å². The number of rotatable bonds is 8. The van der Waals surface area contributed by atoms with Crippen LogP contribution in [0.2, 0.25) is 0 Å². The van der Waals surface area contributed by atoms with Crippen molar-refractivity contribution in [2.24, 2.45) is 0 Å². The first-order chi connectivity index (χ1) is 18.6. The van der Waals surface area contributed by atoms with E-state index in [1.807, 2.05) is 74.5 Å². The topological polar surface area (TPSA) is 52.6 Å². The van der Waals surface area contributed by atoms with Gasteiger partial charge in [-0.25, -0.2) is 9.59 Å². The minimum absolute atomic E-state index is 0.0544. The van der Waals surface area contributed by atoms with Gasteiger partial charge in [0.25, 0.3) is 0 Å². The van der Waals surface area contributed by atoms with E-state index in [4.69, 9.17) is 9.47 Å². The predicted molar refractivity (Wildman–Crippen MR) is 157 cm³/mol. The van der Waals surface area contributed by atoms with Crippen LogP contribution in [0.5, 0.6) is 0 Å². The van der Waals surface area contributed by atoms with Crippen molar-refractivity contribution in [3.63, 3.8) is 0 Å². The quantitative estimate of drug-likeness (QED) is 0.279. The summed E-state index contributed by atoms with van der Waals surface area (Å²) >= 11 is 3.41. The molecule has 0 aromatic heterocycles. The molecule has 2 heterocycles. The monoisotopic (exact) mass is 542 g/mol. The van der Waals surface area contributed by atoms with Crippen LogP contribution in [0.25, 0.3) is 9.81 Å². The zero-order valence-electron chi connectivity index (χ0n) is 21.5. The van der Waals surface area contributed by atoms with Gasteiger partial charge in [0.2, 0.25) is 0 Å². The highest BCUT2D eigenvalue weighted by Gasteiger charge is 2.36. The number of ether oxygens (including phenoxy) is 2. The van der Waals surface area contributed by atoms with Gasteiger partial charge in [0.05, 0.1) is 24.4 Å². The van der Waals surface area contributed by atoms with E-state index >= 15 is 0 Å². The molecule has 3 aromatic rings. The van der Waals surface area contributed by atoms with Gasteiger partial charge in [0, 0.05) is 33.2 Å². The molecule has 0 radical (unpaired) electrons. The molecule has 2 aliphatic heterocycles. The Morgan fingerprint density at radius 3 is 1.34 bits per heavy atom. The Balaban J connectivity index is 1.48. The van der Waals surface area contributed by atoms with Crippen molar-refractivity contribution < 1.29 is 19.1 Å². The maximum absolute atomic E-state index is 13.1. The highest BCUT2D eigenvalue weighted by molar-refractivity contribution is 8.09. The first-order valence-corrected chi connectivity index (χ1v) is 14.9.